The zero-order chi connectivity index (χ0) is 10.4. The van der Waals surface area contributed by atoms with Gasteiger partial charge < -0.3 is 9.64 Å². The molecule has 1 aliphatic rings. The Bertz CT molecular complexity index is 144. The molecule has 1 aliphatic heterocycles. The zero-order valence-electron chi connectivity index (χ0n) is 9.34. The van der Waals surface area contributed by atoms with Crippen molar-refractivity contribution in [3.05, 3.63) is 0 Å². The van der Waals surface area contributed by atoms with Crippen LogP contribution >= 0.6 is 15.9 Å². The fraction of sp³-hybridized carbons (Fsp3) is 1.00. The summed E-state index contributed by atoms with van der Waals surface area (Å²) in [5.74, 6) is 0.900. The van der Waals surface area contributed by atoms with Crippen molar-refractivity contribution in [2.75, 3.05) is 31.6 Å². The standard InChI is InChI=1S/C11H22BrNO/c1-10(2)14-8-7-13-5-3-11(9-12)4-6-13/h10-11H,3-9H2,1-2H3. The van der Waals surface area contributed by atoms with Crippen LogP contribution in [0, 0.1) is 5.92 Å². The molecule has 0 amide bonds. The molecule has 1 saturated heterocycles. The van der Waals surface area contributed by atoms with Crippen LogP contribution in [0.1, 0.15) is 26.7 Å². The van der Waals surface area contributed by atoms with E-state index in [1.165, 1.54) is 31.3 Å². The first-order chi connectivity index (χ1) is 6.72. The molecule has 3 heteroatoms. The second-order valence-corrected chi connectivity index (χ2v) is 5.01. The third-order valence-electron chi connectivity index (χ3n) is 2.78. The minimum absolute atomic E-state index is 0.370. The topological polar surface area (TPSA) is 12.5 Å². The molecule has 1 heterocycles. The van der Waals surface area contributed by atoms with Gasteiger partial charge in [-0.3, -0.25) is 0 Å². The molecule has 1 fully saturated rings. The lowest BCUT2D eigenvalue weighted by atomic mass is 9.99. The van der Waals surface area contributed by atoms with E-state index < -0.39 is 0 Å². The Morgan fingerprint density at radius 3 is 2.50 bits per heavy atom. The quantitative estimate of drug-likeness (QED) is 0.707. The zero-order valence-corrected chi connectivity index (χ0v) is 10.9. The molecule has 84 valence electrons. The van der Waals surface area contributed by atoms with Crippen LogP contribution in [0.4, 0.5) is 0 Å². The number of nitrogens with zero attached hydrogens (tertiary/aromatic N) is 1. The molecule has 0 radical (unpaired) electrons. The van der Waals surface area contributed by atoms with Gasteiger partial charge in [-0.15, -0.1) is 0 Å². The highest BCUT2D eigenvalue weighted by Gasteiger charge is 2.17. The summed E-state index contributed by atoms with van der Waals surface area (Å²) in [6.45, 7) is 8.67. The fourth-order valence-electron chi connectivity index (χ4n) is 1.78. The van der Waals surface area contributed by atoms with E-state index in [4.69, 9.17) is 4.74 Å². The molecule has 0 aromatic carbocycles. The van der Waals surface area contributed by atoms with Crippen LogP contribution < -0.4 is 0 Å². The molecule has 0 aromatic heterocycles. The molecule has 0 aliphatic carbocycles. The lowest BCUT2D eigenvalue weighted by molar-refractivity contribution is 0.0519. The van der Waals surface area contributed by atoms with Crippen LogP contribution in [0.5, 0.6) is 0 Å². The van der Waals surface area contributed by atoms with E-state index in [-0.39, 0.29) is 0 Å². The molecular weight excluding hydrogens is 242 g/mol. The van der Waals surface area contributed by atoms with Crippen LogP contribution in [0.3, 0.4) is 0 Å². The average molecular weight is 264 g/mol. The van der Waals surface area contributed by atoms with Gasteiger partial charge in [0.1, 0.15) is 0 Å². The lowest BCUT2D eigenvalue weighted by Crippen LogP contribution is -2.36. The van der Waals surface area contributed by atoms with E-state index in [1.54, 1.807) is 0 Å². The number of ether oxygens (including phenoxy) is 1. The van der Waals surface area contributed by atoms with E-state index in [1.807, 2.05) is 0 Å². The van der Waals surface area contributed by atoms with Gasteiger partial charge in [0.05, 0.1) is 12.7 Å². The highest BCUT2D eigenvalue weighted by Crippen LogP contribution is 2.18. The molecule has 2 nitrogen and oxygen atoms in total. The fourth-order valence-corrected chi connectivity index (χ4v) is 2.43. The second-order valence-electron chi connectivity index (χ2n) is 4.36. The van der Waals surface area contributed by atoms with Crippen molar-refractivity contribution >= 4 is 15.9 Å². The van der Waals surface area contributed by atoms with Gasteiger partial charge in [0, 0.05) is 11.9 Å². The summed E-state index contributed by atoms with van der Waals surface area (Å²) in [6, 6.07) is 0. The van der Waals surface area contributed by atoms with Gasteiger partial charge in [-0.2, -0.15) is 0 Å². The monoisotopic (exact) mass is 263 g/mol. The normalized spacial score (nSPS) is 20.6. The van der Waals surface area contributed by atoms with Gasteiger partial charge in [-0.1, -0.05) is 15.9 Å². The van der Waals surface area contributed by atoms with Gasteiger partial charge in [0.2, 0.25) is 0 Å². The Balaban J connectivity index is 2.04. The number of halogens is 1. The van der Waals surface area contributed by atoms with Crippen LogP contribution in [-0.2, 0) is 4.74 Å². The molecule has 0 spiro atoms. The van der Waals surface area contributed by atoms with Crippen molar-refractivity contribution in [3.63, 3.8) is 0 Å². The molecule has 0 N–H and O–H groups in total. The highest BCUT2D eigenvalue weighted by atomic mass is 79.9. The Kier molecular flexibility index (Phi) is 6.06. The number of likely N-dealkylation sites (tertiary alicyclic amines) is 1. The smallest absolute Gasteiger partial charge is 0.0596 e. The maximum Gasteiger partial charge on any atom is 0.0596 e. The molecular formula is C11H22BrNO. The van der Waals surface area contributed by atoms with E-state index in [0.29, 0.717) is 6.10 Å². The predicted octanol–water partition coefficient (Wildman–Crippen LogP) is 2.52. The first-order valence-electron chi connectivity index (χ1n) is 5.62. The van der Waals surface area contributed by atoms with E-state index in [9.17, 15) is 0 Å². The van der Waals surface area contributed by atoms with Gasteiger partial charge in [0.15, 0.2) is 0 Å². The van der Waals surface area contributed by atoms with Crippen LogP contribution in [-0.4, -0.2) is 42.6 Å². The molecule has 0 saturated carbocycles. The molecule has 0 aromatic rings. The van der Waals surface area contributed by atoms with Gasteiger partial charge in [-0.25, -0.2) is 0 Å². The van der Waals surface area contributed by atoms with Crippen molar-refractivity contribution in [1.82, 2.24) is 4.90 Å². The molecule has 0 bridgehead atoms. The van der Waals surface area contributed by atoms with Gasteiger partial charge >= 0.3 is 0 Å². The van der Waals surface area contributed by atoms with Crippen LogP contribution in [0.25, 0.3) is 0 Å². The number of hydrogen-bond acceptors (Lipinski definition) is 2. The third-order valence-corrected chi connectivity index (χ3v) is 3.70. The Hall–Kier alpha value is 0.400. The minimum atomic E-state index is 0.370. The number of piperidine rings is 1. The second kappa shape index (κ2) is 6.81. The number of rotatable bonds is 5. The first-order valence-corrected chi connectivity index (χ1v) is 6.74. The van der Waals surface area contributed by atoms with Crippen molar-refractivity contribution in [2.24, 2.45) is 5.92 Å². The summed E-state index contributed by atoms with van der Waals surface area (Å²) < 4.78 is 5.55. The van der Waals surface area contributed by atoms with Crippen molar-refractivity contribution < 1.29 is 4.74 Å². The van der Waals surface area contributed by atoms with Gasteiger partial charge in [0.25, 0.3) is 0 Å². The molecule has 14 heavy (non-hydrogen) atoms. The lowest BCUT2D eigenvalue weighted by Gasteiger charge is -2.31. The van der Waals surface area contributed by atoms with Crippen molar-refractivity contribution in [3.8, 4) is 0 Å². The maximum atomic E-state index is 5.55. The predicted molar refractivity (Wildman–Crippen MR) is 64.0 cm³/mol. The summed E-state index contributed by atoms with van der Waals surface area (Å²) in [4.78, 5) is 2.52. The SMILES string of the molecule is CC(C)OCCN1CCC(CBr)CC1. The molecule has 0 unspecified atom stereocenters. The van der Waals surface area contributed by atoms with Crippen LogP contribution in [0.2, 0.25) is 0 Å². The van der Waals surface area contributed by atoms with Gasteiger partial charge in [-0.05, 0) is 45.7 Å². The first kappa shape index (κ1) is 12.5. The number of alkyl halides is 1. The molecule has 0 atom stereocenters. The highest BCUT2D eigenvalue weighted by molar-refractivity contribution is 9.09. The number of hydrogen-bond donors (Lipinski definition) is 0. The Morgan fingerprint density at radius 2 is 2.00 bits per heavy atom. The Labute approximate surface area is 96.1 Å². The summed E-state index contributed by atoms with van der Waals surface area (Å²) in [5, 5.41) is 1.17. The van der Waals surface area contributed by atoms with Crippen molar-refractivity contribution in [2.45, 2.75) is 32.8 Å². The van der Waals surface area contributed by atoms with E-state index in [0.717, 1.165) is 19.1 Å². The summed E-state index contributed by atoms with van der Waals surface area (Å²) >= 11 is 3.56. The average Bonchev–Trinajstić information content (AvgIpc) is 2.18. The molecule has 1 rings (SSSR count). The maximum absolute atomic E-state index is 5.55. The van der Waals surface area contributed by atoms with E-state index >= 15 is 0 Å². The minimum Gasteiger partial charge on any atom is -0.377 e. The van der Waals surface area contributed by atoms with Crippen molar-refractivity contribution in [1.29, 1.82) is 0 Å². The summed E-state index contributed by atoms with van der Waals surface area (Å²) in [7, 11) is 0. The largest absolute Gasteiger partial charge is 0.377 e. The third kappa shape index (κ3) is 4.76. The summed E-state index contributed by atoms with van der Waals surface area (Å²) in [5.41, 5.74) is 0. The van der Waals surface area contributed by atoms with Crippen LogP contribution in [0.15, 0.2) is 0 Å². The Morgan fingerprint density at radius 1 is 1.36 bits per heavy atom. The van der Waals surface area contributed by atoms with E-state index in [2.05, 4.69) is 34.7 Å². The summed E-state index contributed by atoms with van der Waals surface area (Å²) in [6.07, 6.45) is 3.05.